The molecule has 2 amide bonds. The summed E-state index contributed by atoms with van der Waals surface area (Å²) < 4.78 is 0. The fraction of sp³-hybridized carbons (Fsp3) is 0.529. The van der Waals surface area contributed by atoms with E-state index in [1.54, 1.807) is 6.07 Å². The van der Waals surface area contributed by atoms with Crippen LogP contribution in [-0.2, 0) is 16.0 Å². The highest BCUT2D eigenvalue weighted by Crippen LogP contribution is 2.26. The molecule has 6 heteroatoms. The van der Waals surface area contributed by atoms with E-state index in [-0.39, 0.29) is 11.8 Å². The second-order valence-corrected chi connectivity index (χ2v) is 6.65. The minimum atomic E-state index is -0.0882. The summed E-state index contributed by atoms with van der Waals surface area (Å²) in [5, 5.41) is 6.76. The minimum absolute atomic E-state index is 0.00934. The normalized spacial score (nSPS) is 14.7. The largest absolute Gasteiger partial charge is 0.356 e. The standard InChI is InChI=1S/C17H22Cl2N2O2/c18-14-7-3-4-12(17(14)19)8-9-15(22)20-11-10-16(23)21-13-5-1-2-6-13/h3-4,7,13H,1-2,5-6,8-11H2,(H,20,22)(H,21,23). The summed E-state index contributed by atoms with van der Waals surface area (Å²) in [6.45, 7) is 0.362. The molecule has 23 heavy (non-hydrogen) atoms. The number of carbonyl (C=O) groups is 2. The molecule has 1 saturated carbocycles. The third-order valence-electron chi connectivity index (χ3n) is 4.05. The van der Waals surface area contributed by atoms with E-state index in [1.165, 1.54) is 12.8 Å². The summed E-state index contributed by atoms with van der Waals surface area (Å²) in [6.07, 6.45) is 5.68. The van der Waals surface area contributed by atoms with Crippen LogP contribution in [-0.4, -0.2) is 24.4 Å². The molecule has 1 aromatic rings. The molecule has 0 saturated heterocycles. The van der Waals surface area contributed by atoms with E-state index in [9.17, 15) is 9.59 Å². The summed E-state index contributed by atoms with van der Waals surface area (Å²) in [6, 6.07) is 5.71. The SMILES string of the molecule is O=C(CCc1cccc(Cl)c1Cl)NCCC(=O)NC1CCCC1. The average Bonchev–Trinajstić information content (AvgIpc) is 3.01. The van der Waals surface area contributed by atoms with Crippen molar-refractivity contribution >= 4 is 35.0 Å². The maximum Gasteiger partial charge on any atom is 0.221 e. The van der Waals surface area contributed by atoms with E-state index in [0.717, 1.165) is 18.4 Å². The fourth-order valence-corrected chi connectivity index (χ4v) is 3.18. The molecule has 0 aliphatic heterocycles. The van der Waals surface area contributed by atoms with Gasteiger partial charge in [0, 0.05) is 25.4 Å². The summed E-state index contributed by atoms with van der Waals surface area (Å²) in [4.78, 5) is 23.6. The van der Waals surface area contributed by atoms with Gasteiger partial charge in [0.25, 0.3) is 0 Å². The first-order chi connectivity index (χ1) is 11.1. The van der Waals surface area contributed by atoms with Crippen molar-refractivity contribution in [3.63, 3.8) is 0 Å². The molecule has 1 aromatic carbocycles. The van der Waals surface area contributed by atoms with Crippen molar-refractivity contribution in [2.75, 3.05) is 6.54 Å². The van der Waals surface area contributed by atoms with E-state index in [0.29, 0.717) is 41.9 Å². The Hall–Kier alpha value is -1.26. The molecule has 4 nitrogen and oxygen atoms in total. The Balaban J connectivity index is 1.63. The van der Waals surface area contributed by atoms with Gasteiger partial charge in [0.05, 0.1) is 10.0 Å². The van der Waals surface area contributed by atoms with Crippen molar-refractivity contribution in [2.45, 2.75) is 51.0 Å². The van der Waals surface area contributed by atoms with Crippen LogP contribution in [0, 0.1) is 0 Å². The lowest BCUT2D eigenvalue weighted by Crippen LogP contribution is -2.35. The van der Waals surface area contributed by atoms with Gasteiger partial charge in [-0.1, -0.05) is 48.2 Å². The predicted octanol–water partition coefficient (Wildman–Crippen LogP) is 3.49. The quantitative estimate of drug-likeness (QED) is 0.785. The van der Waals surface area contributed by atoms with Gasteiger partial charge in [-0.2, -0.15) is 0 Å². The molecule has 0 heterocycles. The summed E-state index contributed by atoms with van der Waals surface area (Å²) in [5.41, 5.74) is 0.855. The van der Waals surface area contributed by atoms with Crippen molar-refractivity contribution in [3.8, 4) is 0 Å². The Kier molecular flexibility index (Phi) is 7.18. The van der Waals surface area contributed by atoms with Gasteiger partial charge in [-0.3, -0.25) is 9.59 Å². The average molecular weight is 357 g/mol. The van der Waals surface area contributed by atoms with Crippen LogP contribution in [0.3, 0.4) is 0 Å². The Bertz CT molecular complexity index is 558. The molecular weight excluding hydrogens is 335 g/mol. The zero-order valence-corrected chi connectivity index (χ0v) is 14.6. The zero-order chi connectivity index (χ0) is 16.7. The number of halogens is 2. The van der Waals surface area contributed by atoms with Gasteiger partial charge < -0.3 is 10.6 Å². The first-order valence-electron chi connectivity index (χ1n) is 8.05. The third-order valence-corrected chi connectivity index (χ3v) is 4.91. The number of hydrogen-bond acceptors (Lipinski definition) is 2. The zero-order valence-electron chi connectivity index (χ0n) is 13.0. The summed E-state index contributed by atoms with van der Waals surface area (Å²) in [5.74, 6) is -0.0789. The van der Waals surface area contributed by atoms with E-state index >= 15 is 0 Å². The molecule has 1 aliphatic rings. The van der Waals surface area contributed by atoms with Gasteiger partial charge in [-0.15, -0.1) is 0 Å². The van der Waals surface area contributed by atoms with Crippen LogP contribution in [0.15, 0.2) is 18.2 Å². The minimum Gasteiger partial charge on any atom is -0.356 e. The Morgan fingerprint density at radius 3 is 2.57 bits per heavy atom. The van der Waals surface area contributed by atoms with E-state index < -0.39 is 0 Å². The van der Waals surface area contributed by atoms with Gasteiger partial charge >= 0.3 is 0 Å². The van der Waals surface area contributed by atoms with Crippen molar-refractivity contribution in [1.82, 2.24) is 10.6 Å². The number of aryl methyl sites for hydroxylation is 1. The van der Waals surface area contributed by atoms with Crippen molar-refractivity contribution in [1.29, 1.82) is 0 Å². The lowest BCUT2D eigenvalue weighted by atomic mass is 10.1. The monoisotopic (exact) mass is 356 g/mol. The molecule has 0 unspecified atom stereocenters. The molecular formula is C17H22Cl2N2O2. The van der Waals surface area contributed by atoms with Gasteiger partial charge in [-0.25, -0.2) is 0 Å². The first-order valence-corrected chi connectivity index (χ1v) is 8.81. The molecule has 0 aromatic heterocycles. The maximum absolute atomic E-state index is 11.8. The highest BCUT2D eigenvalue weighted by molar-refractivity contribution is 6.42. The van der Waals surface area contributed by atoms with Crippen LogP contribution >= 0.6 is 23.2 Å². The molecule has 1 fully saturated rings. The Labute approximate surface area is 146 Å². The molecule has 0 atom stereocenters. The van der Waals surface area contributed by atoms with Crippen molar-refractivity contribution < 1.29 is 9.59 Å². The lowest BCUT2D eigenvalue weighted by molar-refractivity contribution is -0.122. The number of carbonyl (C=O) groups excluding carboxylic acids is 2. The number of hydrogen-bond donors (Lipinski definition) is 2. The van der Waals surface area contributed by atoms with Crippen LogP contribution in [0.2, 0.25) is 10.0 Å². The molecule has 0 spiro atoms. The second-order valence-electron chi connectivity index (χ2n) is 5.86. The van der Waals surface area contributed by atoms with Crippen LogP contribution in [0.4, 0.5) is 0 Å². The van der Waals surface area contributed by atoms with Gasteiger partial charge in [0.15, 0.2) is 0 Å². The van der Waals surface area contributed by atoms with Gasteiger partial charge in [0.2, 0.25) is 11.8 Å². The molecule has 1 aliphatic carbocycles. The molecule has 2 N–H and O–H groups in total. The smallest absolute Gasteiger partial charge is 0.221 e. The molecule has 0 bridgehead atoms. The van der Waals surface area contributed by atoms with Crippen LogP contribution < -0.4 is 10.6 Å². The van der Waals surface area contributed by atoms with Crippen LogP contribution in [0.1, 0.15) is 44.1 Å². The number of amides is 2. The Morgan fingerprint density at radius 2 is 1.83 bits per heavy atom. The van der Waals surface area contributed by atoms with Gasteiger partial charge in [-0.05, 0) is 30.9 Å². The second kappa shape index (κ2) is 9.14. The van der Waals surface area contributed by atoms with Gasteiger partial charge in [0.1, 0.15) is 0 Å². The topological polar surface area (TPSA) is 58.2 Å². The number of nitrogens with one attached hydrogen (secondary N) is 2. The van der Waals surface area contributed by atoms with Crippen LogP contribution in [0.5, 0.6) is 0 Å². The highest BCUT2D eigenvalue weighted by atomic mass is 35.5. The summed E-state index contributed by atoms with van der Waals surface area (Å²) >= 11 is 12.0. The van der Waals surface area contributed by atoms with E-state index in [1.807, 2.05) is 12.1 Å². The molecule has 126 valence electrons. The predicted molar refractivity (Wildman–Crippen MR) is 92.8 cm³/mol. The number of benzene rings is 1. The van der Waals surface area contributed by atoms with Crippen LogP contribution in [0.25, 0.3) is 0 Å². The summed E-state index contributed by atoms with van der Waals surface area (Å²) in [7, 11) is 0. The Morgan fingerprint density at radius 1 is 1.09 bits per heavy atom. The molecule has 2 rings (SSSR count). The number of rotatable bonds is 7. The van der Waals surface area contributed by atoms with E-state index in [2.05, 4.69) is 10.6 Å². The fourth-order valence-electron chi connectivity index (χ4n) is 2.76. The van der Waals surface area contributed by atoms with Crippen molar-refractivity contribution in [3.05, 3.63) is 33.8 Å². The highest BCUT2D eigenvalue weighted by Gasteiger charge is 2.16. The first kappa shape index (κ1) is 18.1. The molecule has 0 radical (unpaired) electrons. The third kappa shape index (κ3) is 6.04. The lowest BCUT2D eigenvalue weighted by Gasteiger charge is -2.12. The maximum atomic E-state index is 11.8. The van der Waals surface area contributed by atoms with E-state index in [4.69, 9.17) is 23.2 Å². The van der Waals surface area contributed by atoms with Crippen molar-refractivity contribution in [2.24, 2.45) is 0 Å².